The number of aromatic nitrogens is 2. The highest BCUT2D eigenvalue weighted by molar-refractivity contribution is 9.10. The van der Waals surface area contributed by atoms with Crippen molar-refractivity contribution in [1.82, 2.24) is 9.97 Å². The fraction of sp³-hybridized carbons (Fsp3) is 0.143. The lowest BCUT2D eigenvalue weighted by Gasteiger charge is -2.17. The number of benzene rings is 2. The molecule has 1 N–H and O–H groups in total. The Balaban J connectivity index is 2.12. The molecule has 154 valence electrons. The van der Waals surface area contributed by atoms with Crippen LogP contribution >= 0.6 is 15.9 Å². The van der Waals surface area contributed by atoms with Gasteiger partial charge in [-0.3, -0.25) is 4.99 Å². The van der Waals surface area contributed by atoms with Crippen molar-refractivity contribution in [1.29, 1.82) is 0 Å². The van der Waals surface area contributed by atoms with Crippen molar-refractivity contribution in [2.75, 3.05) is 12.4 Å². The topological polar surface area (TPSA) is 85.7 Å². The molecule has 0 saturated heterocycles. The van der Waals surface area contributed by atoms with Crippen LogP contribution in [0, 0.1) is 5.82 Å². The van der Waals surface area contributed by atoms with E-state index in [1.165, 1.54) is 25.6 Å². The van der Waals surface area contributed by atoms with E-state index in [1.54, 1.807) is 25.1 Å². The van der Waals surface area contributed by atoms with Crippen LogP contribution in [0.5, 0.6) is 5.75 Å². The minimum Gasteiger partial charge on any atom is -0.478 e. The van der Waals surface area contributed by atoms with Crippen LogP contribution < -0.4 is 10.1 Å². The number of carbonyl (C=O) groups is 1. The molecular weight excluding hydrogens is 455 g/mol. The molecule has 1 atom stereocenters. The summed E-state index contributed by atoms with van der Waals surface area (Å²) < 4.78 is 26.2. The van der Waals surface area contributed by atoms with Gasteiger partial charge in [0.1, 0.15) is 17.9 Å². The summed E-state index contributed by atoms with van der Waals surface area (Å²) in [6, 6.07) is 6.57. The second-order valence-electron chi connectivity index (χ2n) is 6.15. The normalized spacial score (nSPS) is 11.6. The number of hydrogen-bond donors (Lipinski definition) is 1. The molecule has 30 heavy (non-hydrogen) atoms. The average Bonchev–Trinajstić information content (AvgIpc) is 2.73. The Kier molecular flexibility index (Phi) is 6.41. The molecule has 0 radical (unpaired) electrons. The Labute approximate surface area is 180 Å². The first-order valence-electron chi connectivity index (χ1n) is 8.77. The third kappa shape index (κ3) is 4.16. The minimum atomic E-state index is -0.873. The predicted molar refractivity (Wildman–Crippen MR) is 118 cm³/mol. The second-order valence-corrected chi connectivity index (χ2v) is 7.07. The maximum atomic E-state index is 15.0. The van der Waals surface area contributed by atoms with Crippen molar-refractivity contribution in [3.05, 3.63) is 53.0 Å². The fourth-order valence-corrected chi connectivity index (χ4v) is 3.28. The molecule has 0 bridgehead atoms. The molecule has 1 aromatic heterocycles. The van der Waals surface area contributed by atoms with E-state index in [-0.39, 0.29) is 11.3 Å². The van der Waals surface area contributed by atoms with Gasteiger partial charge in [-0.15, -0.1) is 0 Å². The van der Waals surface area contributed by atoms with Gasteiger partial charge in [-0.25, -0.2) is 19.2 Å². The summed E-state index contributed by atoms with van der Waals surface area (Å²) in [7, 11) is 1.28. The molecule has 7 nitrogen and oxygen atoms in total. The number of rotatable bonds is 7. The molecular formula is C21H18BrFN4O3. The smallest absolute Gasteiger partial charge is 0.346 e. The number of anilines is 2. The maximum Gasteiger partial charge on any atom is 0.346 e. The number of nitrogens with zero attached hydrogens (tertiary/aromatic N) is 3. The maximum absolute atomic E-state index is 15.0. The molecule has 1 unspecified atom stereocenters. The largest absolute Gasteiger partial charge is 0.478 e. The van der Waals surface area contributed by atoms with E-state index in [2.05, 4.69) is 49.5 Å². The van der Waals surface area contributed by atoms with Crippen LogP contribution in [0.2, 0.25) is 0 Å². The number of carbonyl (C=O) groups excluding carboxylic acids is 1. The number of aliphatic imine (C=N–C) groups is 1. The van der Waals surface area contributed by atoms with Gasteiger partial charge in [-0.05, 0) is 37.9 Å². The summed E-state index contributed by atoms with van der Waals surface area (Å²) in [6.07, 6.45) is 1.84. The van der Waals surface area contributed by atoms with E-state index >= 15 is 0 Å². The van der Waals surface area contributed by atoms with E-state index in [0.29, 0.717) is 32.6 Å². The highest BCUT2D eigenvalue weighted by atomic mass is 79.9. The van der Waals surface area contributed by atoms with Gasteiger partial charge in [0.05, 0.1) is 29.4 Å². The van der Waals surface area contributed by atoms with Crippen LogP contribution in [0.25, 0.3) is 17.0 Å². The van der Waals surface area contributed by atoms with E-state index in [0.717, 1.165) is 0 Å². The molecule has 0 aliphatic rings. The molecule has 0 amide bonds. The van der Waals surface area contributed by atoms with Crippen molar-refractivity contribution < 1.29 is 18.7 Å². The van der Waals surface area contributed by atoms with Gasteiger partial charge in [0.15, 0.2) is 11.9 Å². The molecule has 9 heteroatoms. The zero-order chi connectivity index (χ0) is 21.8. The Morgan fingerprint density at radius 3 is 2.80 bits per heavy atom. The van der Waals surface area contributed by atoms with Crippen LogP contribution in [0.15, 0.2) is 46.6 Å². The molecule has 0 spiro atoms. The zero-order valence-corrected chi connectivity index (χ0v) is 17.9. The third-order valence-corrected chi connectivity index (χ3v) is 4.75. The Morgan fingerprint density at radius 1 is 1.37 bits per heavy atom. The van der Waals surface area contributed by atoms with Crippen LogP contribution in [0.1, 0.15) is 12.5 Å². The van der Waals surface area contributed by atoms with Crippen molar-refractivity contribution in [2.24, 2.45) is 4.99 Å². The molecule has 1 heterocycles. The average molecular weight is 473 g/mol. The zero-order valence-electron chi connectivity index (χ0n) is 16.3. The molecule has 2 aromatic carbocycles. The Morgan fingerprint density at radius 2 is 2.13 bits per heavy atom. The molecule has 0 aliphatic carbocycles. The lowest BCUT2D eigenvalue weighted by atomic mass is 10.1. The first-order chi connectivity index (χ1) is 14.4. The predicted octanol–water partition coefficient (Wildman–Crippen LogP) is 5.19. The first kappa shape index (κ1) is 21.4. The summed E-state index contributed by atoms with van der Waals surface area (Å²) in [6.45, 7) is 8.63. The lowest BCUT2D eigenvalue weighted by molar-refractivity contribution is -0.147. The summed E-state index contributed by atoms with van der Waals surface area (Å²) >= 11 is 3.40. The van der Waals surface area contributed by atoms with Crippen molar-refractivity contribution in [3.8, 4) is 5.75 Å². The van der Waals surface area contributed by atoms with Crippen molar-refractivity contribution in [2.45, 2.75) is 13.0 Å². The van der Waals surface area contributed by atoms with Gasteiger partial charge < -0.3 is 14.8 Å². The van der Waals surface area contributed by atoms with E-state index in [4.69, 9.17) is 9.47 Å². The number of methoxy groups -OCH3 is 1. The van der Waals surface area contributed by atoms with Crippen LogP contribution in [0.4, 0.5) is 21.6 Å². The standard InChI is InChI=1S/C21H18BrFN4O3/c1-5-13-14(24-3)6-7-15(19(13)23)27-20-18-16(25-10-26-20)8-12(22)9-17(18)30-11(2)21(28)29-4/h5-11H,1,3H2,2,4H3,(H,25,26,27). The van der Waals surface area contributed by atoms with Crippen LogP contribution in [-0.4, -0.2) is 35.9 Å². The summed E-state index contributed by atoms with van der Waals surface area (Å²) in [5.41, 5.74) is 1.28. The van der Waals surface area contributed by atoms with Gasteiger partial charge in [0, 0.05) is 10.0 Å². The molecule has 3 aromatic rings. The number of ether oxygens (including phenoxy) is 2. The minimum absolute atomic E-state index is 0.159. The van der Waals surface area contributed by atoms with Gasteiger partial charge >= 0.3 is 5.97 Å². The summed E-state index contributed by atoms with van der Waals surface area (Å²) in [4.78, 5) is 24.1. The van der Waals surface area contributed by atoms with Gasteiger partial charge in [-0.2, -0.15) is 0 Å². The van der Waals surface area contributed by atoms with E-state index in [1.807, 2.05) is 0 Å². The number of nitrogens with one attached hydrogen (secondary N) is 1. The van der Waals surface area contributed by atoms with Crippen molar-refractivity contribution in [3.63, 3.8) is 0 Å². The summed E-state index contributed by atoms with van der Waals surface area (Å²) in [5.74, 6) is -0.463. The molecule has 0 saturated carbocycles. The van der Waals surface area contributed by atoms with Gasteiger partial charge in [-0.1, -0.05) is 28.6 Å². The number of hydrogen-bond acceptors (Lipinski definition) is 7. The highest BCUT2D eigenvalue weighted by Crippen LogP contribution is 2.37. The quantitative estimate of drug-likeness (QED) is 0.376. The van der Waals surface area contributed by atoms with Crippen LogP contribution in [0.3, 0.4) is 0 Å². The van der Waals surface area contributed by atoms with E-state index in [9.17, 15) is 9.18 Å². The van der Waals surface area contributed by atoms with Crippen molar-refractivity contribution >= 4 is 62.8 Å². The van der Waals surface area contributed by atoms with Gasteiger partial charge in [0.25, 0.3) is 0 Å². The Hall–Kier alpha value is -3.33. The SMILES string of the molecule is C=Cc1c(N=C)ccc(Nc2ncnc3cc(Br)cc(OC(C)C(=O)OC)c23)c1F. The molecule has 3 rings (SSSR count). The molecule has 0 aliphatic heterocycles. The lowest BCUT2D eigenvalue weighted by Crippen LogP contribution is -2.25. The number of esters is 1. The van der Waals surface area contributed by atoms with Gasteiger partial charge in [0.2, 0.25) is 0 Å². The first-order valence-corrected chi connectivity index (χ1v) is 9.56. The number of halogens is 2. The monoisotopic (exact) mass is 472 g/mol. The Bertz CT molecular complexity index is 1150. The fourth-order valence-electron chi connectivity index (χ4n) is 2.85. The summed E-state index contributed by atoms with van der Waals surface area (Å²) in [5, 5.41) is 3.44. The van der Waals surface area contributed by atoms with E-state index < -0.39 is 17.9 Å². The highest BCUT2D eigenvalue weighted by Gasteiger charge is 2.20. The number of fused-ring (bicyclic) bond motifs is 1. The van der Waals surface area contributed by atoms with Crippen LogP contribution in [-0.2, 0) is 9.53 Å². The third-order valence-electron chi connectivity index (χ3n) is 4.29. The second kappa shape index (κ2) is 9.00. The molecule has 0 fully saturated rings.